The molecule has 2 saturated carbocycles. The maximum absolute atomic E-state index is 13.3. The monoisotopic (exact) mass is 499 g/mol. The van der Waals surface area contributed by atoms with E-state index >= 15 is 0 Å². The van der Waals surface area contributed by atoms with Crippen LogP contribution in [0.2, 0.25) is 0 Å². The highest BCUT2D eigenvalue weighted by Gasteiger charge is 2.69. The second-order valence-electron chi connectivity index (χ2n) is 11.5. The molecule has 2 fully saturated rings. The molecular formula is C28H37NO7. The number of rotatable bonds is 5. The van der Waals surface area contributed by atoms with Gasteiger partial charge in [0.1, 0.15) is 22.7 Å². The summed E-state index contributed by atoms with van der Waals surface area (Å²) in [5.74, 6) is 0.251. The van der Waals surface area contributed by atoms with E-state index in [1.807, 2.05) is 6.92 Å². The van der Waals surface area contributed by atoms with Crippen LogP contribution in [0.3, 0.4) is 0 Å². The number of hydrogen-bond acceptors (Lipinski definition) is 8. The van der Waals surface area contributed by atoms with Crippen molar-refractivity contribution in [1.82, 2.24) is 4.98 Å². The predicted molar refractivity (Wildman–Crippen MR) is 132 cm³/mol. The largest absolute Gasteiger partial charge is 0.484 e. The van der Waals surface area contributed by atoms with Crippen molar-refractivity contribution in [3.05, 3.63) is 46.6 Å². The molecule has 8 heteroatoms. The van der Waals surface area contributed by atoms with Crippen LogP contribution in [0.1, 0.15) is 58.1 Å². The molecule has 0 radical (unpaired) electrons. The quantitative estimate of drug-likeness (QED) is 0.573. The van der Waals surface area contributed by atoms with E-state index in [-0.39, 0.29) is 42.1 Å². The number of aliphatic hydroxyl groups excluding tert-OH is 3. The molecule has 0 amide bonds. The molecule has 36 heavy (non-hydrogen) atoms. The zero-order valence-corrected chi connectivity index (χ0v) is 21.4. The minimum atomic E-state index is -1.12. The predicted octanol–water partition coefficient (Wildman–Crippen LogP) is 3.33. The highest BCUT2D eigenvalue weighted by molar-refractivity contribution is 5.59. The minimum Gasteiger partial charge on any atom is -0.484 e. The van der Waals surface area contributed by atoms with E-state index in [0.29, 0.717) is 29.9 Å². The molecule has 0 aromatic carbocycles. The molecule has 8 nitrogen and oxygen atoms in total. The lowest BCUT2D eigenvalue weighted by Crippen LogP contribution is -2.70. The Balaban J connectivity index is 1.65. The summed E-state index contributed by atoms with van der Waals surface area (Å²) < 4.78 is 18.4. The Morgan fingerprint density at radius 2 is 2.03 bits per heavy atom. The third kappa shape index (κ3) is 3.49. The van der Waals surface area contributed by atoms with Gasteiger partial charge in [-0.1, -0.05) is 13.8 Å². The Kier molecular flexibility index (Phi) is 6.31. The van der Waals surface area contributed by atoms with Gasteiger partial charge in [-0.25, -0.2) is 4.79 Å². The van der Waals surface area contributed by atoms with Gasteiger partial charge in [-0.2, -0.15) is 0 Å². The van der Waals surface area contributed by atoms with Crippen molar-refractivity contribution in [3.63, 3.8) is 0 Å². The molecule has 0 saturated heterocycles. The molecule has 2 aromatic rings. The Bertz CT molecular complexity index is 1170. The summed E-state index contributed by atoms with van der Waals surface area (Å²) in [6, 6.07) is 5.22. The molecule has 0 spiro atoms. The van der Waals surface area contributed by atoms with Gasteiger partial charge in [0.2, 0.25) is 0 Å². The number of fused-ring (bicyclic) bond motifs is 4. The van der Waals surface area contributed by atoms with E-state index < -0.39 is 28.7 Å². The molecule has 3 aliphatic rings. The van der Waals surface area contributed by atoms with Crippen LogP contribution in [0, 0.1) is 28.6 Å². The molecule has 3 heterocycles. The van der Waals surface area contributed by atoms with Crippen LogP contribution in [0.15, 0.2) is 39.8 Å². The van der Waals surface area contributed by atoms with Crippen LogP contribution in [0.25, 0.3) is 11.3 Å². The third-order valence-electron chi connectivity index (χ3n) is 9.97. The summed E-state index contributed by atoms with van der Waals surface area (Å²) in [4.78, 5) is 17.4. The maximum Gasteiger partial charge on any atom is 0.345 e. The van der Waals surface area contributed by atoms with Crippen LogP contribution in [-0.4, -0.2) is 52.3 Å². The Labute approximate surface area is 211 Å². The Hall–Kier alpha value is -2.26. The first kappa shape index (κ1) is 25.4. The molecule has 2 unspecified atom stereocenters. The van der Waals surface area contributed by atoms with Crippen molar-refractivity contribution in [2.24, 2.45) is 28.6 Å². The second kappa shape index (κ2) is 8.94. The number of pyridine rings is 1. The number of nitrogens with zero attached hydrogens (tertiary/aromatic N) is 1. The number of ether oxygens (including phenoxy) is 2. The van der Waals surface area contributed by atoms with Gasteiger partial charge < -0.3 is 29.2 Å². The lowest BCUT2D eigenvalue weighted by atomic mass is 9.41. The van der Waals surface area contributed by atoms with Crippen LogP contribution in [0.5, 0.6) is 5.75 Å². The summed E-state index contributed by atoms with van der Waals surface area (Å²) in [6.45, 7) is 6.34. The van der Waals surface area contributed by atoms with Crippen molar-refractivity contribution in [2.75, 3.05) is 20.3 Å². The smallest absolute Gasteiger partial charge is 0.345 e. The van der Waals surface area contributed by atoms with Crippen LogP contribution in [-0.2, 0) is 4.74 Å². The zero-order valence-electron chi connectivity index (χ0n) is 21.4. The summed E-state index contributed by atoms with van der Waals surface area (Å²) in [5.41, 5.74) is -1.53. The van der Waals surface area contributed by atoms with Crippen molar-refractivity contribution in [2.45, 2.75) is 64.3 Å². The Morgan fingerprint density at radius 3 is 2.67 bits per heavy atom. The van der Waals surface area contributed by atoms with Crippen molar-refractivity contribution in [1.29, 1.82) is 0 Å². The fraction of sp³-hybridized carbons (Fsp3) is 0.643. The van der Waals surface area contributed by atoms with E-state index in [0.717, 1.165) is 12.8 Å². The number of methoxy groups -OCH3 is 1. The van der Waals surface area contributed by atoms with Crippen molar-refractivity contribution < 1.29 is 29.2 Å². The van der Waals surface area contributed by atoms with E-state index in [1.165, 1.54) is 0 Å². The molecule has 2 aromatic heterocycles. The average Bonchev–Trinajstić information content (AvgIpc) is 2.83. The number of aromatic nitrogens is 1. The number of aliphatic hydroxyl groups is 3. The number of hydrogen-bond donors (Lipinski definition) is 3. The normalized spacial score (nSPS) is 39.5. The molecule has 3 N–H and O–H groups in total. The lowest BCUT2D eigenvalue weighted by Gasteiger charge is -2.67. The topological polar surface area (TPSA) is 122 Å². The summed E-state index contributed by atoms with van der Waals surface area (Å²) >= 11 is 0. The van der Waals surface area contributed by atoms with Crippen LogP contribution >= 0.6 is 0 Å². The molecule has 5 rings (SSSR count). The second-order valence-corrected chi connectivity index (χ2v) is 11.5. The summed E-state index contributed by atoms with van der Waals surface area (Å²) in [7, 11) is 1.65. The maximum atomic E-state index is 13.3. The first-order valence-electron chi connectivity index (χ1n) is 12.8. The fourth-order valence-corrected chi connectivity index (χ4v) is 8.18. The molecule has 2 aliphatic carbocycles. The SMILES string of the molecule is CO[C@H]1CC2[C@](C)(CC[C@H](CO)[C@@]2(C)CCO)C2[C@@H](O)c3c(cc(-c4cccnc4)oc3=O)O[C@@]21C. The summed E-state index contributed by atoms with van der Waals surface area (Å²) in [6.07, 6.45) is 4.49. The standard InChI is InChI=1S/C28H37NO7/c1-26(9-11-30)17(15-31)7-8-27(2)20(26)13-21(34-4)28(3)24(27)23(32)22-19(36-28)12-18(35-25(22)33)16-6-5-10-29-14-16/h5-6,10,12,14,17,20-21,23-24,30-32H,7-9,11,13,15H2,1-4H3/t17-,20?,21+,23+,24?,26-,27+,28-/m1/s1. The fourth-order valence-electron chi connectivity index (χ4n) is 8.18. The van der Waals surface area contributed by atoms with E-state index in [2.05, 4.69) is 18.8 Å². The van der Waals surface area contributed by atoms with Gasteiger partial charge >= 0.3 is 5.63 Å². The summed E-state index contributed by atoms with van der Waals surface area (Å²) in [5, 5.41) is 32.1. The highest BCUT2D eigenvalue weighted by atomic mass is 16.6. The van der Waals surface area contributed by atoms with Crippen molar-refractivity contribution >= 4 is 0 Å². The van der Waals surface area contributed by atoms with Gasteiger partial charge in [0.25, 0.3) is 0 Å². The van der Waals surface area contributed by atoms with Gasteiger partial charge in [0, 0.05) is 50.3 Å². The first-order chi connectivity index (χ1) is 17.1. The lowest BCUT2D eigenvalue weighted by molar-refractivity contribution is -0.261. The molecule has 1 aliphatic heterocycles. The van der Waals surface area contributed by atoms with Gasteiger partial charge in [0.05, 0.1) is 12.2 Å². The molecular weight excluding hydrogens is 462 g/mol. The van der Waals surface area contributed by atoms with Crippen LogP contribution in [0.4, 0.5) is 0 Å². The molecule has 196 valence electrons. The average molecular weight is 500 g/mol. The van der Waals surface area contributed by atoms with E-state index in [9.17, 15) is 20.1 Å². The van der Waals surface area contributed by atoms with Crippen LogP contribution < -0.4 is 10.4 Å². The van der Waals surface area contributed by atoms with Gasteiger partial charge in [-0.3, -0.25) is 4.98 Å². The highest BCUT2D eigenvalue weighted by Crippen LogP contribution is 2.68. The van der Waals surface area contributed by atoms with E-state index in [4.69, 9.17) is 13.9 Å². The Morgan fingerprint density at radius 1 is 1.25 bits per heavy atom. The van der Waals surface area contributed by atoms with E-state index in [1.54, 1.807) is 37.7 Å². The molecule has 0 bridgehead atoms. The van der Waals surface area contributed by atoms with Gasteiger partial charge in [-0.15, -0.1) is 0 Å². The first-order valence-corrected chi connectivity index (χ1v) is 12.8. The third-order valence-corrected chi connectivity index (χ3v) is 9.97. The van der Waals surface area contributed by atoms with Gasteiger partial charge in [-0.05, 0) is 67.4 Å². The van der Waals surface area contributed by atoms with Gasteiger partial charge in [0.15, 0.2) is 0 Å². The zero-order chi connectivity index (χ0) is 25.9. The van der Waals surface area contributed by atoms with Crippen molar-refractivity contribution in [3.8, 4) is 17.1 Å². The minimum absolute atomic E-state index is 0.0156. The molecule has 8 atom stereocenters.